The Balaban J connectivity index is 2.65. The Hall–Kier alpha value is -0.390. The minimum Gasteiger partial charge on any atom is -0.493 e. The van der Waals surface area contributed by atoms with Crippen LogP contribution in [0.5, 0.6) is 5.75 Å². The van der Waals surface area contributed by atoms with Crippen LogP contribution in [-0.4, -0.2) is 27.0 Å². The van der Waals surface area contributed by atoms with Gasteiger partial charge in [0.25, 0.3) is 9.05 Å². The number of ether oxygens (including phenoxy) is 1. The lowest BCUT2D eigenvalue weighted by Crippen LogP contribution is -1.99. The van der Waals surface area contributed by atoms with Gasteiger partial charge in [-0.15, -0.1) is 0 Å². The molecule has 1 aromatic rings. The van der Waals surface area contributed by atoms with Crippen molar-refractivity contribution in [2.75, 3.05) is 18.6 Å². The number of hydrogen-bond acceptors (Lipinski definition) is 4. The third-order valence-corrected chi connectivity index (χ3v) is 3.61. The predicted molar refractivity (Wildman–Crippen MR) is 63.4 cm³/mol. The minimum atomic E-state index is -3.63. The molecule has 0 aromatic heterocycles. The molecule has 0 unspecified atom stereocenters. The summed E-state index contributed by atoms with van der Waals surface area (Å²) in [7, 11) is 1.53. The fourth-order valence-corrected chi connectivity index (χ4v) is 1.96. The Morgan fingerprint density at radius 2 is 1.93 bits per heavy atom. The van der Waals surface area contributed by atoms with E-state index in [2.05, 4.69) is 0 Å². The normalized spacial score (nSPS) is 11.3. The van der Waals surface area contributed by atoms with Gasteiger partial charge in [-0.25, -0.2) is 8.42 Å². The summed E-state index contributed by atoms with van der Waals surface area (Å²) in [4.78, 5) is 0.0846. The molecule has 0 amide bonds. The Labute approximate surface area is 98.2 Å². The zero-order valence-corrected chi connectivity index (χ0v) is 10.5. The first-order valence-corrected chi connectivity index (χ1v) is 7.91. The van der Waals surface area contributed by atoms with Gasteiger partial charge in [0.05, 0.1) is 11.5 Å². The van der Waals surface area contributed by atoms with Gasteiger partial charge in [0.1, 0.15) is 5.75 Å². The molecule has 0 spiro atoms. The molecule has 15 heavy (non-hydrogen) atoms. The van der Waals surface area contributed by atoms with Gasteiger partial charge in [0, 0.05) is 16.4 Å². The SMILES string of the molecule is CSCCOc1ccc(S(=O)(=O)Cl)cc1. The van der Waals surface area contributed by atoms with Crippen LogP contribution in [0.1, 0.15) is 0 Å². The van der Waals surface area contributed by atoms with E-state index in [1.165, 1.54) is 12.1 Å². The highest BCUT2D eigenvalue weighted by Gasteiger charge is 2.08. The van der Waals surface area contributed by atoms with Gasteiger partial charge >= 0.3 is 0 Å². The topological polar surface area (TPSA) is 43.4 Å². The fourth-order valence-electron chi connectivity index (χ4n) is 0.941. The smallest absolute Gasteiger partial charge is 0.261 e. The molecule has 0 N–H and O–H groups in total. The standard InChI is InChI=1S/C9H11ClO3S2/c1-14-7-6-13-8-2-4-9(5-3-8)15(10,11)12/h2-5H,6-7H2,1H3. The summed E-state index contributed by atoms with van der Waals surface area (Å²) in [6.07, 6.45) is 1.99. The van der Waals surface area contributed by atoms with Crippen LogP contribution in [-0.2, 0) is 9.05 Å². The Bertz CT molecular complexity index is 400. The molecule has 0 aliphatic carbocycles. The maximum absolute atomic E-state index is 10.9. The number of rotatable bonds is 5. The molecule has 0 atom stereocenters. The van der Waals surface area contributed by atoms with Gasteiger partial charge in [0.15, 0.2) is 0 Å². The molecule has 6 heteroatoms. The van der Waals surface area contributed by atoms with Gasteiger partial charge in [-0.05, 0) is 30.5 Å². The van der Waals surface area contributed by atoms with Crippen LogP contribution in [0.3, 0.4) is 0 Å². The minimum absolute atomic E-state index is 0.0846. The molecule has 0 radical (unpaired) electrons. The molecule has 0 aliphatic heterocycles. The van der Waals surface area contributed by atoms with Crippen molar-refractivity contribution < 1.29 is 13.2 Å². The first-order chi connectivity index (χ1) is 7.04. The zero-order valence-electron chi connectivity index (χ0n) is 8.14. The molecular formula is C9H11ClO3S2. The average molecular weight is 267 g/mol. The quantitative estimate of drug-likeness (QED) is 0.606. The van der Waals surface area contributed by atoms with Gasteiger partial charge in [-0.2, -0.15) is 11.8 Å². The largest absolute Gasteiger partial charge is 0.493 e. The highest BCUT2D eigenvalue weighted by atomic mass is 35.7. The van der Waals surface area contributed by atoms with E-state index >= 15 is 0 Å². The summed E-state index contributed by atoms with van der Waals surface area (Å²) in [5, 5.41) is 0. The van der Waals surface area contributed by atoms with Crippen molar-refractivity contribution in [1.29, 1.82) is 0 Å². The maximum atomic E-state index is 10.9. The van der Waals surface area contributed by atoms with E-state index in [0.717, 1.165) is 5.75 Å². The molecule has 84 valence electrons. The van der Waals surface area contributed by atoms with Crippen molar-refractivity contribution in [2.45, 2.75) is 4.90 Å². The molecular weight excluding hydrogens is 256 g/mol. The van der Waals surface area contributed by atoms with Gasteiger partial charge in [-0.3, -0.25) is 0 Å². The molecule has 1 aromatic carbocycles. The molecule has 0 bridgehead atoms. The molecule has 3 nitrogen and oxygen atoms in total. The highest BCUT2D eigenvalue weighted by molar-refractivity contribution is 8.13. The van der Waals surface area contributed by atoms with E-state index in [0.29, 0.717) is 12.4 Å². The lowest BCUT2D eigenvalue weighted by molar-refractivity contribution is 0.344. The molecule has 0 heterocycles. The van der Waals surface area contributed by atoms with Gasteiger partial charge in [-0.1, -0.05) is 0 Å². The van der Waals surface area contributed by atoms with Crippen molar-refractivity contribution in [3.05, 3.63) is 24.3 Å². The summed E-state index contributed by atoms with van der Waals surface area (Å²) in [5.74, 6) is 1.54. The van der Waals surface area contributed by atoms with Crippen molar-refractivity contribution in [3.63, 3.8) is 0 Å². The van der Waals surface area contributed by atoms with E-state index in [1.54, 1.807) is 23.9 Å². The maximum Gasteiger partial charge on any atom is 0.261 e. The fraction of sp³-hybridized carbons (Fsp3) is 0.333. The van der Waals surface area contributed by atoms with Crippen LogP contribution in [0.2, 0.25) is 0 Å². The lowest BCUT2D eigenvalue weighted by Gasteiger charge is -2.04. The van der Waals surface area contributed by atoms with Crippen molar-refractivity contribution in [2.24, 2.45) is 0 Å². The van der Waals surface area contributed by atoms with Crippen LogP contribution in [0.25, 0.3) is 0 Å². The van der Waals surface area contributed by atoms with Crippen molar-refractivity contribution in [1.82, 2.24) is 0 Å². The van der Waals surface area contributed by atoms with E-state index in [1.807, 2.05) is 6.26 Å². The second kappa shape index (κ2) is 5.63. The van der Waals surface area contributed by atoms with E-state index in [9.17, 15) is 8.42 Å². The van der Waals surface area contributed by atoms with Crippen LogP contribution >= 0.6 is 22.4 Å². The Morgan fingerprint density at radius 1 is 1.33 bits per heavy atom. The van der Waals surface area contributed by atoms with E-state index < -0.39 is 9.05 Å². The Morgan fingerprint density at radius 3 is 2.40 bits per heavy atom. The Kier molecular flexibility index (Phi) is 4.76. The molecule has 0 saturated carbocycles. The third kappa shape index (κ3) is 4.32. The first-order valence-electron chi connectivity index (χ1n) is 4.20. The van der Waals surface area contributed by atoms with Crippen LogP contribution in [0, 0.1) is 0 Å². The number of halogens is 1. The molecule has 0 fully saturated rings. The second-order valence-corrected chi connectivity index (χ2v) is 6.30. The first kappa shape index (κ1) is 12.7. The summed E-state index contributed by atoms with van der Waals surface area (Å²) >= 11 is 1.69. The summed E-state index contributed by atoms with van der Waals surface area (Å²) in [6.45, 7) is 0.605. The average Bonchev–Trinajstić information content (AvgIpc) is 2.18. The van der Waals surface area contributed by atoms with Crippen LogP contribution in [0.15, 0.2) is 29.2 Å². The summed E-state index contributed by atoms with van der Waals surface area (Å²) in [5.41, 5.74) is 0. The van der Waals surface area contributed by atoms with Crippen LogP contribution < -0.4 is 4.74 Å². The van der Waals surface area contributed by atoms with Crippen molar-refractivity contribution in [3.8, 4) is 5.75 Å². The summed E-state index contributed by atoms with van der Waals surface area (Å²) in [6, 6.07) is 6.04. The van der Waals surface area contributed by atoms with Crippen LogP contribution in [0.4, 0.5) is 0 Å². The summed E-state index contributed by atoms with van der Waals surface area (Å²) < 4.78 is 27.2. The predicted octanol–water partition coefficient (Wildman–Crippen LogP) is 2.36. The lowest BCUT2D eigenvalue weighted by atomic mass is 10.3. The molecule has 0 saturated heterocycles. The third-order valence-electron chi connectivity index (χ3n) is 1.66. The number of thioether (sulfide) groups is 1. The molecule has 1 rings (SSSR count). The molecule has 0 aliphatic rings. The number of benzene rings is 1. The van der Waals surface area contributed by atoms with Crippen molar-refractivity contribution >= 4 is 31.5 Å². The van der Waals surface area contributed by atoms with E-state index in [-0.39, 0.29) is 4.90 Å². The monoisotopic (exact) mass is 266 g/mol. The zero-order chi connectivity index (χ0) is 11.3. The van der Waals surface area contributed by atoms with E-state index in [4.69, 9.17) is 15.4 Å². The van der Waals surface area contributed by atoms with Gasteiger partial charge in [0.2, 0.25) is 0 Å². The highest BCUT2D eigenvalue weighted by Crippen LogP contribution is 2.18. The second-order valence-electron chi connectivity index (χ2n) is 2.75. The number of hydrogen-bond donors (Lipinski definition) is 0. The van der Waals surface area contributed by atoms with Gasteiger partial charge < -0.3 is 4.74 Å².